The third-order valence-electron chi connectivity index (χ3n) is 7.58. The van der Waals surface area contributed by atoms with E-state index < -0.39 is 11.4 Å². The first-order chi connectivity index (χ1) is 14.6. The summed E-state index contributed by atoms with van der Waals surface area (Å²) in [6, 6.07) is 14.2. The van der Waals surface area contributed by atoms with Crippen LogP contribution < -0.4 is 5.32 Å². The maximum absolute atomic E-state index is 13.5. The van der Waals surface area contributed by atoms with Gasteiger partial charge in [0, 0.05) is 27.0 Å². The highest BCUT2D eigenvalue weighted by Crippen LogP contribution is 2.71. The minimum atomic E-state index is -0.636. The molecule has 2 saturated carbocycles. The van der Waals surface area contributed by atoms with Crippen LogP contribution in [-0.4, -0.2) is 17.6 Å². The van der Waals surface area contributed by atoms with E-state index in [0.717, 1.165) is 18.6 Å². The van der Waals surface area contributed by atoms with Crippen molar-refractivity contribution in [3.05, 3.63) is 63.6 Å². The quantitative estimate of drug-likeness (QED) is 0.384. The molecule has 2 aromatic rings. The standard InChI is InChI=1S/C24H24BrClN2O3/c1-22(2)23(3)11-12-24(22,21(30)27-16-8-6-7-15(26)13-16)14-19(23)28-31-20(29)17-9-4-5-10-18(17)25/h4-10,13H,11-12,14H2,1-3H3,(H,27,30). The Morgan fingerprint density at radius 3 is 2.55 bits per heavy atom. The van der Waals surface area contributed by atoms with Gasteiger partial charge in [-0.05, 0) is 64.5 Å². The van der Waals surface area contributed by atoms with Gasteiger partial charge in [0.15, 0.2) is 0 Å². The average molecular weight is 504 g/mol. The summed E-state index contributed by atoms with van der Waals surface area (Å²) in [5.74, 6) is -0.576. The molecule has 0 spiro atoms. The Balaban J connectivity index is 1.60. The van der Waals surface area contributed by atoms with Gasteiger partial charge in [0.1, 0.15) is 0 Å². The molecule has 2 fully saturated rings. The molecule has 2 unspecified atom stereocenters. The van der Waals surface area contributed by atoms with Crippen LogP contribution in [0.25, 0.3) is 0 Å². The van der Waals surface area contributed by atoms with Crippen molar-refractivity contribution in [2.75, 3.05) is 5.32 Å². The number of oxime groups is 1. The van der Waals surface area contributed by atoms with Crippen molar-refractivity contribution >= 4 is 50.8 Å². The smallest absolute Gasteiger partial charge is 0.326 e. The van der Waals surface area contributed by atoms with E-state index in [-0.39, 0.29) is 16.7 Å². The fourth-order valence-corrected chi connectivity index (χ4v) is 5.75. The Labute approximate surface area is 195 Å². The topological polar surface area (TPSA) is 67.8 Å². The van der Waals surface area contributed by atoms with Crippen LogP contribution in [0.15, 0.2) is 58.2 Å². The molecule has 0 aliphatic heterocycles. The summed E-state index contributed by atoms with van der Waals surface area (Å²) < 4.78 is 0.650. The number of hydrogen-bond acceptors (Lipinski definition) is 4. The van der Waals surface area contributed by atoms with Gasteiger partial charge >= 0.3 is 5.97 Å². The lowest BCUT2D eigenvalue weighted by Crippen LogP contribution is -2.43. The molecule has 162 valence electrons. The first kappa shape index (κ1) is 22.0. The number of rotatable bonds is 4. The van der Waals surface area contributed by atoms with Gasteiger partial charge < -0.3 is 10.2 Å². The SMILES string of the molecule is CC12CCC(C(=O)Nc3cccc(Cl)c3)(CC1=NOC(=O)c1ccccc1Br)C2(C)C. The molecule has 0 radical (unpaired) electrons. The van der Waals surface area contributed by atoms with Crippen molar-refractivity contribution in [3.63, 3.8) is 0 Å². The van der Waals surface area contributed by atoms with Gasteiger partial charge in [0.05, 0.1) is 16.7 Å². The van der Waals surface area contributed by atoms with Crippen LogP contribution in [0.1, 0.15) is 50.4 Å². The van der Waals surface area contributed by atoms with Gasteiger partial charge in [-0.15, -0.1) is 0 Å². The van der Waals surface area contributed by atoms with Crippen molar-refractivity contribution in [1.82, 2.24) is 0 Å². The molecule has 2 bridgehead atoms. The second kappa shape index (κ2) is 7.75. The molecule has 2 aliphatic carbocycles. The summed E-state index contributed by atoms with van der Waals surface area (Å²) >= 11 is 9.44. The van der Waals surface area contributed by atoms with E-state index >= 15 is 0 Å². The van der Waals surface area contributed by atoms with Gasteiger partial charge in [0.25, 0.3) is 0 Å². The second-order valence-electron chi connectivity index (χ2n) is 9.08. The van der Waals surface area contributed by atoms with E-state index in [2.05, 4.69) is 47.2 Å². The molecule has 0 saturated heterocycles. The molecule has 4 rings (SSSR count). The highest BCUT2D eigenvalue weighted by molar-refractivity contribution is 9.10. The summed E-state index contributed by atoms with van der Waals surface area (Å²) in [7, 11) is 0. The number of halogens is 2. The van der Waals surface area contributed by atoms with Crippen LogP contribution >= 0.6 is 27.5 Å². The molecular formula is C24H24BrClN2O3. The summed E-state index contributed by atoms with van der Waals surface area (Å²) in [4.78, 5) is 31.4. The highest BCUT2D eigenvalue weighted by Gasteiger charge is 2.71. The zero-order valence-electron chi connectivity index (χ0n) is 17.7. The van der Waals surface area contributed by atoms with Gasteiger partial charge in [-0.2, -0.15) is 0 Å². The van der Waals surface area contributed by atoms with Gasteiger partial charge in [-0.25, -0.2) is 4.79 Å². The van der Waals surface area contributed by atoms with E-state index in [9.17, 15) is 9.59 Å². The second-order valence-corrected chi connectivity index (χ2v) is 10.4. The monoisotopic (exact) mass is 502 g/mol. The Morgan fingerprint density at radius 2 is 1.84 bits per heavy atom. The summed E-state index contributed by atoms with van der Waals surface area (Å²) in [5.41, 5.74) is 0.497. The molecule has 31 heavy (non-hydrogen) atoms. The Morgan fingerprint density at radius 1 is 1.10 bits per heavy atom. The lowest BCUT2D eigenvalue weighted by Gasteiger charge is -2.39. The number of nitrogens with one attached hydrogen (secondary N) is 1. The first-order valence-corrected chi connectivity index (χ1v) is 11.4. The maximum Gasteiger partial charge on any atom is 0.366 e. The van der Waals surface area contributed by atoms with Crippen molar-refractivity contribution in [1.29, 1.82) is 0 Å². The molecule has 2 aliphatic rings. The normalized spacial score (nSPS) is 27.3. The van der Waals surface area contributed by atoms with Crippen molar-refractivity contribution < 1.29 is 14.4 Å². The molecule has 1 N–H and O–H groups in total. The van der Waals surface area contributed by atoms with E-state index in [1.165, 1.54) is 0 Å². The van der Waals surface area contributed by atoms with Crippen LogP contribution in [0.2, 0.25) is 5.02 Å². The predicted octanol–water partition coefficient (Wildman–Crippen LogP) is 6.47. The molecule has 2 atom stereocenters. The van der Waals surface area contributed by atoms with E-state index in [4.69, 9.17) is 16.4 Å². The van der Waals surface area contributed by atoms with E-state index in [0.29, 0.717) is 27.2 Å². The average Bonchev–Trinajstić information content (AvgIpc) is 3.03. The van der Waals surface area contributed by atoms with Crippen LogP contribution in [0, 0.1) is 16.2 Å². The minimum Gasteiger partial charge on any atom is -0.326 e. The van der Waals surface area contributed by atoms with Crippen molar-refractivity contribution in [2.24, 2.45) is 21.4 Å². The Kier molecular flexibility index (Phi) is 5.51. The van der Waals surface area contributed by atoms with Crippen LogP contribution in [0.3, 0.4) is 0 Å². The Hall–Kier alpha value is -2.18. The van der Waals surface area contributed by atoms with Gasteiger partial charge in [-0.1, -0.05) is 55.7 Å². The summed E-state index contributed by atoms with van der Waals surface area (Å²) in [6.45, 7) is 6.32. The predicted molar refractivity (Wildman–Crippen MR) is 125 cm³/mol. The lowest BCUT2D eigenvalue weighted by molar-refractivity contribution is -0.130. The summed E-state index contributed by atoms with van der Waals surface area (Å²) in [6.07, 6.45) is 2.00. The Bertz CT molecular complexity index is 1100. The van der Waals surface area contributed by atoms with Crippen molar-refractivity contribution in [2.45, 2.75) is 40.0 Å². The molecule has 2 aromatic carbocycles. The first-order valence-electron chi connectivity index (χ1n) is 10.2. The molecule has 0 aromatic heterocycles. The number of carbonyl (C=O) groups excluding carboxylic acids is 2. The number of hydrogen-bond donors (Lipinski definition) is 1. The zero-order valence-corrected chi connectivity index (χ0v) is 20.0. The maximum atomic E-state index is 13.5. The largest absolute Gasteiger partial charge is 0.366 e. The lowest BCUT2D eigenvalue weighted by atomic mass is 9.64. The minimum absolute atomic E-state index is 0.0502. The number of fused-ring (bicyclic) bond motifs is 2. The van der Waals surface area contributed by atoms with E-state index in [1.54, 1.807) is 30.3 Å². The molecule has 0 heterocycles. The summed E-state index contributed by atoms with van der Waals surface area (Å²) in [5, 5.41) is 7.89. The third kappa shape index (κ3) is 3.40. The third-order valence-corrected chi connectivity index (χ3v) is 8.51. The van der Waals surface area contributed by atoms with E-state index in [1.807, 2.05) is 18.2 Å². The zero-order chi connectivity index (χ0) is 22.4. The van der Waals surface area contributed by atoms with Gasteiger partial charge in [0.2, 0.25) is 5.91 Å². The highest BCUT2D eigenvalue weighted by atomic mass is 79.9. The molecule has 1 amide bonds. The number of anilines is 1. The van der Waals surface area contributed by atoms with Gasteiger partial charge in [-0.3, -0.25) is 4.79 Å². The van der Waals surface area contributed by atoms with Crippen LogP contribution in [0.4, 0.5) is 5.69 Å². The van der Waals surface area contributed by atoms with Crippen LogP contribution in [-0.2, 0) is 9.63 Å². The fourth-order valence-electron chi connectivity index (χ4n) is 5.11. The molecule has 5 nitrogen and oxygen atoms in total. The molecular weight excluding hydrogens is 480 g/mol. The number of carbonyl (C=O) groups is 2. The van der Waals surface area contributed by atoms with Crippen LogP contribution in [0.5, 0.6) is 0 Å². The number of amides is 1. The number of benzene rings is 2. The van der Waals surface area contributed by atoms with Crippen molar-refractivity contribution in [3.8, 4) is 0 Å². The number of nitrogens with zero attached hydrogens (tertiary/aromatic N) is 1. The molecule has 7 heteroatoms. The fraction of sp³-hybridized carbons (Fsp3) is 0.375.